The normalized spacial score (nSPS) is 12.5. The van der Waals surface area contributed by atoms with E-state index in [9.17, 15) is 14.0 Å². The summed E-state index contributed by atoms with van der Waals surface area (Å²) in [7, 11) is 0. The number of ether oxygens (including phenoxy) is 1. The van der Waals surface area contributed by atoms with Crippen molar-refractivity contribution in [2.75, 3.05) is 6.61 Å². The quantitative estimate of drug-likeness (QED) is 0.333. The number of carbonyl (C=O) groups is 2. The molecule has 0 heterocycles. The van der Waals surface area contributed by atoms with E-state index in [1.54, 1.807) is 30.3 Å². The van der Waals surface area contributed by atoms with Crippen LogP contribution in [0.5, 0.6) is 5.75 Å². The molecular weight excluding hydrogens is 491 g/mol. The fourth-order valence-corrected chi connectivity index (χ4v) is 4.13. The van der Waals surface area contributed by atoms with Gasteiger partial charge in [0.25, 0.3) is 5.91 Å². The van der Waals surface area contributed by atoms with E-state index in [1.165, 1.54) is 11.0 Å². The van der Waals surface area contributed by atoms with E-state index >= 15 is 0 Å². The molecule has 7 heteroatoms. The summed E-state index contributed by atoms with van der Waals surface area (Å²) in [5.74, 6) is -0.650. The van der Waals surface area contributed by atoms with E-state index < -0.39 is 17.8 Å². The highest BCUT2D eigenvalue weighted by atomic mass is 35.5. The summed E-state index contributed by atoms with van der Waals surface area (Å²) >= 11 is 6.26. The van der Waals surface area contributed by atoms with Gasteiger partial charge in [-0.1, -0.05) is 67.1 Å². The van der Waals surface area contributed by atoms with Crippen molar-refractivity contribution < 1.29 is 18.7 Å². The largest absolute Gasteiger partial charge is 0.484 e. The predicted molar refractivity (Wildman–Crippen MR) is 145 cm³/mol. The second kappa shape index (κ2) is 13.2. The Bertz CT molecular complexity index is 1200. The number of hydrogen-bond acceptors (Lipinski definition) is 3. The molecule has 3 rings (SSSR count). The van der Waals surface area contributed by atoms with Crippen molar-refractivity contribution in [1.29, 1.82) is 0 Å². The van der Waals surface area contributed by atoms with Gasteiger partial charge >= 0.3 is 0 Å². The molecule has 2 amide bonds. The Hall–Kier alpha value is -3.38. The fourth-order valence-electron chi connectivity index (χ4n) is 4.02. The Morgan fingerprint density at radius 3 is 2.27 bits per heavy atom. The monoisotopic (exact) mass is 524 g/mol. The van der Waals surface area contributed by atoms with E-state index in [0.29, 0.717) is 16.3 Å². The zero-order valence-corrected chi connectivity index (χ0v) is 22.5. The number of rotatable bonds is 11. The highest BCUT2D eigenvalue weighted by Crippen LogP contribution is 2.26. The molecule has 37 heavy (non-hydrogen) atoms. The number of nitrogens with one attached hydrogen (secondary N) is 1. The molecule has 196 valence electrons. The van der Waals surface area contributed by atoms with E-state index in [1.807, 2.05) is 58.0 Å². The highest BCUT2D eigenvalue weighted by Gasteiger charge is 2.31. The van der Waals surface area contributed by atoms with Gasteiger partial charge in [-0.15, -0.1) is 0 Å². The van der Waals surface area contributed by atoms with Crippen molar-refractivity contribution in [1.82, 2.24) is 10.2 Å². The standard InChI is InChI=1S/C30H34ClFN2O3/c1-5-22(4)33-30(36)27(17-23-11-7-6-8-12-23)34(18-24-13-9-10-14-26(24)32)28(35)19-37-25-15-20(2)29(31)21(3)16-25/h6-16,22,27H,5,17-19H2,1-4H3,(H,33,36). The van der Waals surface area contributed by atoms with Crippen LogP contribution < -0.4 is 10.1 Å². The molecule has 0 aliphatic heterocycles. The first kappa shape index (κ1) is 28.2. The van der Waals surface area contributed by atoms with Gasteiger partial charge in [-0.2, -0.15) is 0 Å². The maximum absolute atomic E-state index is 14.7. The summed E-state index contributed by atoms with van der Waals surface area (Å²) in [5, 5.41) is 3.64. The molecule has 0 saturated heterocycles. The molecule has 0 saturated carbocycles. The lowest BCUT2D eigenvalue weighted by Crippen LogP contribution is -2.53. The van der Waals surface area contributed by atoms with E-state index in [0.717, 1.165) is 23.1 Å². The second-order valence-electron chi connectivity index (χ2n) is 9.30. The molecule has 3 aromatic carbocycles. The predicted octanol–water partition coefficient (Wildman–Crippen LogP) is 6.03. The molecule has 0 spiro atoms. The Morgan fingerprint density at radius 1 is 1.03 bits per heavy atom. The average molecular weight is 525 g/mol. The fraction of sp³-hybridized carbons (Fsp3) is 0.333. The van der Waals surface area contributed by atoms with Gasteiger partial charge in [-0.05, 0) is 62.1 Å². The molecule has 0 fully saturated rings. The Labute approximate surface area is 223 Å². The smallest absolute Gasteiger partial charge is 0.261 e. The lowest BCUT2D eigenvalue weighted by atomic mass is 10.0. The van der Waals surface area contributed by atoms with Crippen molar-refractivity contribution in [2.45, 2.75) is 59.2 Å². The van der Waals surface area contributed by atoms with Crippen LogP contribution in [0.1, 0.15) is 42.5 Å². The highest BCUT2D eigenvalue weighted by molar-refractivity contribution is 6.32. The second-order valence-corrected chi connectivity index (χ2v) is 9.67. The van der Waals surface area contributed by atoms with Crippen LogP contribution in [0.15, 0.2) is 66.7 Å². The lowest BCUT2D eigenvalue weighted by Gasteiger charge is -2.32. The van der Waals surface area contributed by atoms with Gasteiger partial charge < -0.3 is 15.0 Å². The summed E-state index contributed by atoms with van der Waals surface area (Å²) in [6.45, 7) is 7.24. The SMILES string of the molecule is CCC(C)NC(=O)C(Cc1ccccc1)N(Cc1ccccc1F)C(=O)COc1cc(C)c(Cl)c(C)c1. The van der Waals surface area contributed by atoms with Crippen molar-refractivity contribution in [3.05, 3.63) is 99.8 Å². The summed E-state index contributed by atoms with van der Waals surface area (Å²) in [5.41, 5.74) is 2.89. The molecule has 2 atom stereocenters. The molecule has 5 nitrogen and oxygen atoms in total. The van der Waals surface area contributed by atoms with Crippen molar-refractivity contribution >= 4 is 23.4 Å². The Kier molecular flexibility index (Phi) is 10.1. The van der Waals surface area contributed by atoms with Crippen LogP contribution in [-0.2, 0) is 22.6 Å². The van der Waals surface area contributed by atoms with Crippen LogP contribution in [0.4, 0.5) is 4.39 Å². The van der Waals surface area contributed by atoms with Gasteiger partial charge in [-0.3, -0.25) is 9.59 Å². The minimum atomic E-state index is -0.860. The van der Waals surface area contributed by atoms with Crippen LogP contribution in [0.25, 0.3) is 0 Å². The first-order valence-corrected chi connectivity index (χ1v) is 12.8. The topological polar surface area (TPSA) is 58.6 Å². The number of aryl methyl sites for hydroxylation is 2. The zero-order chi connectivity index (χ0) is 26.9. The molecule has 0 aromatic heterocycles. The third-order valence-corrected chi connectivity index (χ3v) is 6.94. The first-order valence-electron chi connectivity index (χ1n) is 12.5. The van der Waals surface area contributed by atoms with Crippen molar-refractivity contribution in [2.24, 2.45) is 0 Å². The molecule has 0 radical (unpaired) electrons. The third kappa shape index (κ3) is 7.80. The van der Waals surface area contributed by atoms with Crippen LogP contribution in [-0.4, -0.2) is 35.4 Å². The van der Waals surface area contributed by atoms with Crippen molar-refractivity contribution in [3.8, 4) is 5.75 Å². The average Bonchev–Trinajstić information content (AvgIpc) is 2.89. The molecule has 3 aromatic rings. The van der Waals surface area contributed by atoms with Gasteiger partial charge in [0.1, 0.15) is 17.6 Å². The van der Waals surface area contributed by atoms with Gasteiger partial charge in [0.05, 0.1) is 0 Å². The van der Waals surface area contributed by atoms with E-state index in [-0.39, 0.29) is 31.5 Å². The molecule has 0 aliphatic rings. The summed E-state index contributed by atoms with van der Waals surface area (Å²) in [6, 6.07) is 18.3. The minimum absolute atomic E-state index is 0.0705. The Morgan fingerprint density at radius 2 is 1.65 bits per heavy atom. The molecule has 0 aliphatic carbocycles. The van der Waals surface area contributed by atoms with Gasteiger partial charge in [0.2, 0.25) is 5.91 Å². The van der Waals surface area contributed by atoms with Crippen LogP contribution in [0.2, 0.25) is 5.02 Å². The molecule has 1 N–H and O–H groups in total. The number of nitrogens with zero attached hydrogens (tertiary/aromatic N) is 1. The number of halogens is 2. The number of benzene rings is 3. The molecule has 0 bridgehead atoms. The Balaban J connectivity index is 1.94. The molecular formula is C30H34ClFN2O3. The summed E-state index contributed by atoms with van der Waals surface area (Å²) < 4.78 is 20.5. The van der Waals surface area contributed by atoms with E-state index in [4.69, 9.17) is 16.3 Å². The number of hydrogen-bond donors (Lipinski definition) is 1. The van der Waals surface area contributed by atoms with Crippen LogP contribution in [0.3, 0.4) is 0 Å². The van der Waals surface area contributed by atoms with E-state index in [2.05, 4.69) is 5.32 Å². The number of carbonyl (C=O) groups excluding carboxylic acids is 2. The lowest BCUT2D eigenvalue weighted by molar-refractivity contribution is -0.143. The first-order chi connectivity index (χ1) is 17.7. The van der Waals surface area contributed by atoms with Gasteiger partial charge in [0, 0.05) is 29.6 Å². The van der Waals surface area contributed by atoms with Crippen LogP contribution >= 0.6 is 11.6 Å². The third-order valence-electron chi connectivity index (χ3n) is 6.34. The maximum Gasteiger partial charge on any atom is 0.261 e. The van der Waals surface area contributed by atoms with Crippen LogP contribution in [0, 0.1) is 19.7 Å². The number of amides is 2. The maximum atomic E-state index is 14.7. The minimum Gasteiger partial charge on any atom is -0.484 e. The zero-order valence-electron chi connectivity index (χ0n) is 21.8. The summed E-state index contributed by atoms with van der Waals surface area (Å²) in [4.78, 5) is 28.5. The van der Waals surface area contributed by atoms with Gasteiger partial charge in [-0.25, -0.2) is 4.39 Å². The molecule has 2 unspecified atom stereocenters. The van der Waals surface area contributed by atoms with Crippen molar-refractivity contribution in [3.63, 3.8) is 0 Å². The summed E-state index contributed by atoms with van der Waals surface area (Å²) in [6.07, 6.45) is 1.02. The van der Waals surface area contributed by atoms with Gasteiger partial charge in [0.15, 0.2) is 6.61 Å².